The van der Waals surface area contributed by atoms with Gasteiger partial charge in [-0.3, -0.25) is 4.79 Å². The number of aryl methyl sites for hydroxylation is 2. The van der Waals surface area contributed by atoms with E-state index in [4.69, 9.17) is 0 Å². The number of carbonyl (C=O) groups excluding carboxylic acids is 1. The summed E-state index contributed by atoms with van der Waals surface area (Å²) in [5, 5.41) is 2.87. The minimum Gasteiger partial charge on any atom is -0.322 e. The van der Waals surface area contributed by atoms with Gasteiger partial charge < -0.3 is 5.32 Å². The average molecular weight is 407 g/mol. The highest BCUT2D eigenvalue weighted by molar-refractivity contribution is 7.89. The Kier molecular flexibility index (Phi) is 5.47. The molecule has 0 radical (unpaired) electrons. The summed E-state index contributed by atoms with van der Waals surface area (Å²) >= 11 is 0. The van der Waals surface area contributed by atoms with Crippen molar-refractivity contribution in [1.82, 2.24) is 4.72 Å². The monoisotopic (exact) mass is 406 g/mol. The van der Waals surface area contributed by atoms with E-state index in [0.29, 0.717) is 5.56 Å². The molecule has 0 bridgehead atoms. The lowest BCUT2D eigenvalue weighted by atomic mass is 10.1. The van der Waals surface area contributed by atoms with Crippen LogP contribution < -0.4 is 10.0 Å². The van der Waals surface area contributed by atoms with E-state index in [2.05, 4.69) is 10.0 Å². The molecule has 1 amide bonds. The minimum absolute atomic E-state index is 0.0648. The number of hydrogen-bond acceptors (Lipinski definition) is 3. The number of carbonyl (C=O) groups is 1. The van der Waals surface area contributed by atoms with Crippen molar-refractivity contribution in [3.05, 3.63) is 95.1 Å². The standard InChI is InChI=1S/C23H22N2O3S/c26-23(25-21-13-12-18-8-4-9-19(18)14-21)20-10-5-11-22(15-20)29(27,28)24-16-17-6-2-1-3-7-17/h1-3,5-7,10-15,24H,4,8-9,16H2,(H,25,26). The van der Waals surface area contributed by atoms with Crippen molar-refractivity contribution >= 4 is 21.6 Å². The lowest BCUT2D eigenvalue weighted by Gasteiger charge is -2.10. The Morgan fingerprint density at radius 1 is 0.862 bits per heavy atom. The van der Waals surface area contributed by atoms with Crippen LogP contribution >= 0.6 is 0 Å². The first kappa shape index (κ1) is 19.4. The molecule has 3 aromatic carbocycles. The van der Waals surface area contributed by atoms with E-state index in [1.165, 1.54) is 23.3 Å². The van der Waals surface area contributed by atoms with Gasteiger partial charge in [-0.1, -0.05) is 42.5 Å². The topological polar surface area (TPSA) is 75.3 Å². The zero-order valence-corrected chi connectivity index (χ0v) is 16.7. The van der Waals surface area contributed by atoms with Crippen molar-refractivity contribution in [2.45, 2.75) is 30.7 Å². The van der Waals surface area contributed by atoms with Gasteiger partial charge in [0.25, 0.3) is 5.91 Å². The van der Waals surface area contributed by atoms with Crippen LogP contribution in [0.4, 0.5) is 5.69 Å². The van der Waals surface area contributed by atoms with Crippen LogP contribution in [0.15, 0.2) is 77.7 Å². The molecular formula is C23H22N2O3S. The van der Waals surface area contributed by atoms with Gasteiger partial charge in [0.1, 0.15) is 0 Å². The van der Waals surface area contributed by atoms with Crippen molar-refractivity contribution in [2.24, 2.45) is 0 Å². The van der Waals surface area contributed by atoms with E-state index < -0.39 is 10.0 Å². The fourth-order valence-corrected chi connectivity index (χ4v) is 4.58. The molecule has 0 aliphatic heterocycles. The Bertz CT molecular complexity index is 1140. The molecule has 1 aliphatic carbocycles. The van der Waals surface area contributed by atoms with Gasteiger partial charge in [0.05, 0.1) is 4.90 Å². The Hall–Kier alpha value is -2.96. The summed E-state index contributed by atoms with van der Waals surface area (Å²) in [4.78, 5) is 12.7. The van der Waals surface area contributed by atoms with Crippen LogP contribution in [0.1, 0.15) is 33.5 Å². The quantitative estimate of drug-likeness (QED) is 0.652. The van der Waals surface area contributed by atoms with Crippen LogP contribution in [0.25, 0.3) is 0 Å². The molecule has 6 heteroatoms. The molecule has 148 valence electrons. The SMILES string of the molecule is O=C(Nc1ccc2c(c1)CCC2)c1cccc(S(=O)(=O)NCc2ccccc2)c1. The predicted molar refractivity (Wildman–Crippen MR) is 113 cm³/mol. The molecule has 0 saturated heterocycles. The molecule has 0 atom stereocenters. The first-order valence-electron chi connectivity index (χ1n) is 9.58. The minimum atomic E-state index is -3.73. The van der Waals surface area contributed by atoms with Gasteiger partial charge in [-0.25, -0.2) is 13.1 Å². The second kappa shape index (κ2) is 8.19. The summed E-state index contributed by atoms with van der Waals surface area (Å²) in [5.41, 5.74) is 4.49. The fraction of sp³-hybridized carbons (Fsp3) is 0.174. The third-order valence-electron chi connectivity index (χ3n) is 5.07. The Morgan fingerprint density at radius 2 is 1.66 bits per heavy atom. The number of nitrogens with one attached hydrogen (secondary N) is 2. The highest BCUT2D eigenvalue weighted by Gasteiger charge is 2.17. The molecule has 0 spiro atoms. The van der Waals surface area contributed by atoms with E-state index in [-0.39, 0.29) is 17.3 Å². The summed E-state index contributed by atoms with van der Waals surface area (Å²) in [7, 11) is -3.73. The summed E-state index contributed by atoms with van der Waals surface area (Å²) in [5.74, 6) is -0.331. The lowest BCUT2D eigenvalue weighted by molar-refractivity contribution is 0.102. The maximum Gasteiger partial charge on any atom is 0.255 e. The summed E-state index contributed by atoms with van der Waals surface area (Å²) in [6, 6.07) is 21.3. The first-order chi connectivity index (χ1) is 14.0. The number of benzene rings is 3. The second-order valence-electron chi connectivity index (χ2n) is 7.13. The van der Waals surface area contributed by atoms with Gasteiger partial charge in [0, 0.05) is 17.8 Å². The summed E-state index contributed by atoms with van der Waals surface area (Å²) in [6.07, 6.45) is 3.25. The van der Waals surface area contributed by atoms with E-state index in [0.717, 1.165) is 30.5 Å². The fourth-order valence-electron chi connectivity index (χ4n) is 3.51. The van der Waals surface area contributed by atoms with Crippen molar-refractivity contribution in [2.75, 3.05) is 5.32 Å². The van der Waals surface area contributed by atoms with Crippen molar-refractivity contribution < 1.29 is 13.2 Å². The molecule has 29 heavy (non-hydrogen) atoms. The highest BCUT2D eigenvalue weighted by Crippen LogP contribution is 2.25. The number of anilines is 1. The zero-order valence-electron chi connectivity index (χ0n) is 15.9. The van der Waals surface area contributed by atoms with Gasteiger partial charge in [0.15, 0.2) is 0 Å². The molecule has 4 rings (SSSR count). The molecule has 2 N–H and O–H groups in total. The third kappa shape index (κ3) is 4.55. The zero-order chi connectivity index (χ0) is 20.3. The predicted octanol–water partition coefficient (Wildman–Crippen LogP) is 3.91. The molecule has 3 aromatic rings. The van der Waals surface area contributed by atoms with Gasteiger partial charge in [-0.2, -0.15) is 0 Å². The van der Waals surface area contributed by atoms with Crippen LogP contribution in [0, 0.1) is 0 Å². The van der Waals surface area contributed by atoms with E-state index >= 15 is 0 Å². The normalized spacial score (nSPS) is 13.1. The summed E-state index contributed by atoms with van der Waals surface area (Å²) in [6.45, 7) is 0.189. The van der Waals surface area contributed by atoms with Crippen molar-refractivity contribution in [1.29, 1.82) is 0 Å². The lowest BCUT2D eigenvalue weighted by Crippen LogP contribution is -2.23. The van der Waals surface area contributed by atoms with E-state index in [9.17, 15) is 13.2 Å². The van der Waals surface area contributed by atoms with Crippen LogP contribution in [-0.2, 0) is 29.4 Å². The van der Waals surface area contributed by atoms with Gasteiger partial charge in [-0.05, 0) is 66.3 Å². The number of fused-ring (bicyclic) bond motifs is 1. The molecule has 0 saturated carbocycles. The third-order valence-corrected chi connectivity index (χ3v) is 6.47. The maximum absolute atomic E-state index is 12.6. The van der Waals surface area contributed by atoms with E-state index in [1.54, 1.807) is 12.1 Å². The number of amides is 1. The number of hydrogen-bond donors (Lipinski definition) is 2. The van der Waals surface area contributed by atoms with Crippen LogP contribution in [-0.4, -0.2) is 14.3 Å². The Balaban J connectivity index is 1.48. The maximum atomic E-state index is 12.6. The van der Waals surface area contributed by atoms with Crippen LogP contribution in [0.3, 0.4) is 0 Å². The Morgan fingerprint density at radius 3 is 2.48 bits per heavy atom. The molecular weight excluding hydrogens is 384 g/mol. The molecule has 5 nitrogen and oxygen atoms in total. The Labute approximate surface area is 170 Å². The molecule has 0 unspecified atom stereocenters. The molecule has 1 aliphatic rings. The smallest absolute Gasteiger partial charge is 0.255 e. The van der Waals surface area contributed by atoms with Crippen molar-refractivity contribution in [3.63, 3.8) is 0 Å². The highest BCUT2D eigenvalue weighted by atomic mass is 32.2. The van der Waals surface area contributed by atoms with Gasteiger partial charge >= 0.3 is 0 Å². The van der Waals surface area contributed by atoms with Gasteiger partial charge in [-0.15, -0.1) is 0 Å². The first-order valence-corrected chi connectivity index (χ1v) is 11.1. The molecule has 0 heterocycles. The van der Waals surface area contributed by atoms with Gasteiger partial charge in [0.2, 0.25) is 10.0 Å². The average Bonchev–Trinajstić information content (AvgIpc) is 3.21. The van der Waals surface area contributed by atoms with Crippen molar-refractivity contribution in [3.8, 4) is 0 Å². The largest absolute Gasteiger partial charge is 0.322 e. The molecule has 0 aromatic heterocycles. The van der Waals surface area contributed by atoms with Crippen LogP contribution in [0.2, 0.25) is 0 Å². The second-order valence-corrected chi connectivity index (χ2v) is 8.90. The number of sulfonamides is 1. The van der Waals surface area contributed by atoms with E-state index in [1.807, 2.05) is 48.5 Å². The number of rotatable bonds is 6. The summed E-state index contributed by atoms with van der Waals surface area (Å²) < 4.78 is 27.8. The van der Waals surface area contributed by atoms with Crippen LogP contribution in [0.5, 0.6) is 0 Å². The molecule has 0 fully saturated rings.